The van der Waals surface area contributed by atoms with Crippen LogP contribution in [0.3, 0.4) is 0 Å². The van der Waals surface area contributed by atoms with Crippen molar-refractivity contribution in [3.8, 4) is 22.9 Å². The van der Waals surface area contributed by atoms with Gasteiger partial charge in [-0.15, -0.1) is 0 Å². The second kappa shape index (κ2) is 5.53. The maximum Gasteiger partial charge on any atom is 0.185 e. The van der Waals surface area contributed by atoms with Gasteiger partial charge in [0, 0.05) is 5.92 Å². The molecule has 20 heavy (non-hydrogen) atoms. The van der Waals surface area contributed by atoms with Gasteiger partial charge in [0.1, 0.15) is 17.3 Å². The van der Waals surface area contributed by atoms with Gasteiger partial charge in [-0.3, -0.25) is 5.10 Å². The van der Waals surface area contributed by atoms with Crippen molar-refractivity contribution in [2.75, 3.05) is 14.2 Å². The van der Waals surface area contributed by atoms with Crippen molar-refractivity contribution in [3.63, 3.8) is 0 Å². The lowest BCUT2D eigenvalue weighted by atomic mass is 10.1. The van der Waals surface area contributed by atoms with E-state index in [-0.39, 0.29) is 0 Å². The lowest BCUT2D eigenvalue weighted by Gasteiger charge is -2.07. The van der Waals surface area contributed by atoms with E-state index >= 15 is 0 Å². The lowest BCUT2D eigenvalue weighted by molar-refractivity contribution is 0.404. The van der Waals surface area contributed by atoms with Gasteiger partial charge in [0.25, 0.3) is 0 Å². The highest BCUT2D eigenvalue weighted by Crippen LogP contribution is 2.35. The maximum atomic E-state index is 5.38. The van der Waals surface area contributed by atoms with Crippen LogP contribution >= 0.6 is 0 Å². The van der Waals surface area contributed by atoms with Crippen LogP contribution in [0.4, 0.5) is 0 Å². The van der Waals surface area contributed by atoms with E-state index in [1.54, 1.807) is 14.2 Å². The topological polar surface area (TPSA) is 60.0 Å². The highest BCUT2D eigenvalue weighted by atomic mass is 16.5. The van der Waals surface area contributed by atoms with E-state index in [2.05, 4.69) is 15.2 Å². The van der Waals surface area contributed by atoms with Crippen molar-refractivity contribution >= 4 is 0 Å². The van der Waals surface area contributed by atoms with Crippen LogP contribution in [0.15, 0.2) is 18.2 Å². The Kier molecular flexibility index (Phi) is 3.58. The molecule has 1 fully saturated rings. The number of aromatic nitrogens is 3. The van der Waals surface area contributed by atoms with Crippen molar-refractivity contribution in [1.82, 2.24) is 15.2 Å². The largest absolute Gasteiger partial charge is 0.497 e. The number of nitrogens with one attached hydrogen (secondary N) is 1. The Bertz CT molecular complexity index is 589. The number of aromatic amines is 1. The third kappa shape index (κ3) is 2.35. The Morgan fingerprint density at radius 2 is 1.95 bits per heavy atom. The number of hydrogen-bond acceptors (Lipinski definition) is 4. The summed E-state index contributed by atoms with van der Waals surface area (Å²) in [5.41, 5.74) is 0.854. The molecule has 0 bridgehead atoms. The van der Waals surface area contributed by atoms with Crippen LogP contribution in [0.1, 0.15) is 37.4 Å². The number of benzene rings is 1. The zero-order valence-corrected chi connectivity index (χ0v) is 11.8. The zero-order valence-electron chi connectivity index (χ0n) is 11.8. The van der Waals surface area contributed by atoms with E-state index in [1.807, 2.05) is 18.2 Å². The van der Waals surface area contributed by atoms with Gasteiger partial charge in [-0.1, -0.05) is 12.8 Å². The molecule has 1 N–H and O–H groups in total. The first-order valence-electron chi connectivity index (χ1n) is 6.96. The van der Waals surface area contributed by atoms with Crippen LogP contribution in [-0.2, 0) is 0 Å². The minimum absolute atomic E-state index is 0.521. The van der Waals surface area contributed by atoms with Crippen molar-refractivity contribution in [2.45, 2.75) is 31.6 Å². The molecular weight excluding hydrogens is 254 g/mol. The number of hydrogen-bond donors (Lipinski definition) is 1. The molecule has 0 atom stereocenters. The fourth-order valence-corrected chi connectivity index (χ4v) is 2.77. The summed E-state index contributed by atoms with van der Waals surface area (Å²) in [7, 11) is 3.30. The molecule has 5 nitrogen and oxygen atoms in total. The Balaban J connectivity index is 1.95. The third-order valence-corrected chi connectivity index (χ3v) is 3.89. The molecule has 1 saturated carbocycles. The normalized spacial score (nSPS) is 15.5. The molecule has 0 aliphatic heterocycles. The van der Waals surface area contributed by atoms with Gasteiger partial charge in [-0.25, -0.2) is 4.98 Å². The molecule has 1 aromatic carbocycles. The van der Waals surface area contributed by atoms with Crippen molar-refractivity contribution < 1.29 is 9.47 Å². The van der Waals surface area contributed by atoms with Gasteiger partial charge in [0.2, 0.25) is 0 Å². The maximum absolute atomic E-state index is 5.38. The first-order chi connectivity index (χ1) is 9.81. The van der Waals surface area contributed by atoms with E-state index in [0.717, 1.165) is 22.9 Å². The van der Waals surface area contributed by atoms with Crippen LogP contribution in [0, 0.1) is 0 Å². The first-order valence-corrected chi connectivity index (χ1v) is 6.96. The summed E-state index contributed by atoms with van der Waals surface area (Å²) < 4.78 is 10.6. The highest BCUT2D eigenvalue weighted by Gasteiger charge is 2.21. The Morgan fingerprint density at radius 1 is 1.15 bits per heavy atom. The van der Waals surface area contributed by atoms with E-state index in [4.69, 9.17) is 9.47 Å². The van der Waals surface area contributed by atoms with E-state index in [1.165, 1.54) is 25.7 Å². The smallest absolute Gasteiger partial charge is 0.185 e. The fourth-order valence-electron chi connectivity index (χ4n) is 2.77. The van der Waals surface area contributed by atoms with E-state index in [9.17, 15) is 0 Å². The number of nitrogens with zero attached hydrogens (tertiary/aromatic N) is 2. The van der Waals surface area contributed by atoms with Gasteiger partial charge in [0.15, 0.2) is 5.82 Å². The summed E-state index contributed by atoms with van der Waals surface area (Å²) in [5.74, 6) is 3.70. The zero-order chi connectivity index (χ0) is 13.9. The average Bonchev–Trinajstić information content (AvgIpc) is 3.17. The molecule has 106 valence electrons. The second-order valence-corrected chi connectivity index (χ2v) is 5.09. The molecule has 5 heteroatoms. The minimum atomic E-state index is 0.521. The molecule has 0 spiro atoms. The van der Waals surface area contributed by atoms with Gasteiger partial charge in [-0.05, 0) is 31.0 Å². The number of ether oxygens (including phenoxy) is 2. The fraction of sp³-hybridized carbons (Fsp3) is 0.467. The monoisotopic (exact) mass is 273 g/mol. The minimum Gasteiger partial charge on any atom is -0.497 e. The summed E-state index contributed by atoms with van der Waals surface area (Å²) in [6.07, 6.45) is 4.96. The number of H-pyrrole nitrogens is 1. The van der Waals surface area contributed by atoms with E-state index in [0.29, 0.717) is 11.7 Å². The Hall–Kier alpha value is -2.04. The SMILES string of the molecule is COc1ccc(OC)c(-c2n[nH]c(C3CCCC3)n2)c1. The van der Waals surface area contributed by atoms with Crippen LogP contribution in [0.5, 0.6) is 11.5 Å². The predicted octanol–water partition coefficient (Wildman–Crippen LogP) is 3.15. The summed E-state index contributed by atoms with van der Waals surface area (Å²) >= 11 is 0. The van der Waals surface area contributed by atoms with Crippen molar-refractivity contribution in [2.24, 2.45) is 0 Å². The molecule has 0 amide bonds. The quantitative estimate of drug-likeness (QED) is 0.929. The molecule has 0 radical (unpaired) electrons. The van der Waals surface area contributed by atoms with Gasteiger partial charge < -0.3 is 9.47 Å². The number of methoxy groups -OCH3 is 2. The summed E-state index contributed by atoms with van der Waals surface area (Å²) in [4.78, 5) is 4.64. The van der Waals surface area contributed by atoms with Gasteiger partial charge in [-0.2, -0.15) is 5.10 Å². The molecule has 3 rings (SSSR count). The van der Waals surface area contributed by atoms with Crippen LogP contribution in [0.25, 0.3) is 11.4 Å². The van der Waals surface area contributed by atoms with Crippen LogP contribution < -0.4 is 9.47 Å². The lowest BCUT2D eigenvalue weighted by Crippen LogP contribution is -1.95. The molecule has 1 aromatic heterocycles. The molecule has 1 aliphatic carbocycles. The van der Waals surface area contributed by atoms with Crippen molar-refractivity contribution in [1.29, 1.82) is 0 Å². The first kappa shape index (κ1) is 13.0. The molecule has 1 heterocycles. The van der Waals surface area contributed by atoms with Gasteiger partial charge >= 0.3 is 0 Å². The second-order valence-electron chi connectivity index (χ2n) is 5.09. The predicted molar refractivity (Wildman–Crippen MR) is 76.1 cm³/mol. The summed E-state index contributed by atoms with van der Waals surface area (Å²) in [6.45, 7) is 0. The average molecular weight is 273 g/mol. The Labute approximate surface area is 118 Å². The van der Waals surface area contributed by atoms with E-state index < -0.39 is 0 Å². The van der Waals surface area contributed by atoms with Crippen LogP contribution in [-0.4, -0.2) is 29.4 Å². The standard InChI is InChI=1S/C15H19N3O2/c1-19-11-7-8-13(20-2)12(9-11)15-16-14(17-18-15)10-5-3-4-6-10/h7-10H,3-6H2,1-2H3,(H,16,17,18). The molecule has 2 aromatic rings. The van der Waals surface area contributed by atoms with Crippen LogP contribution in [0.2, 0.25) is 0 Å². The van der Waals surface area contributed by atoms with Gasteiger partial charge in [0.05, 0.1) is 19.8 Å². The molecule has 0 saturated heterocycles. The summed E-state index contributed by atoms with van der Waals surface area (Å²) in [6, 6.07) is 5.65. The molecule has 0 unspecified atom stereocenters. The highest BCUT2D eigenvalue weighted by molar-refractivity contribution is 5.66. The third-order valence-electron chi connectivity index (χ3n) is 3.89. The number of rotatable bonds is 4. The Morgan fingerprint density at radius 3 is 2.65 bits per heavy atom. The summed E-state index contributed by atoms with van der Waals surface area (Å²) in [5, 5.41) is 7.42. The van der Waals surface area contributed by atoms with Crippen molar-refractivity contribution in [3.05, 3.63) is 24.0 Å². The molecule has 1 aliphatic rings. The molecular formula is C15H19N3O2.